The number of hydrogen-bond acceptors (Lipinski definition) is 5. The van der Waals surface area contributed by atoms with Crippen molar-refractivity contribution in [2.45, 2.75) is 17.9 Å². The summed E-state index contributed by atoms with van der Waals surface area (Å²) < 4.78 is 26.6. The van der Waals surface area contributed by atoms with E-state index in [1.54, 1.807) is 12.1 Å². The lowest BCUT2D eigenvalue weighted by atomic mass is 10.3. The molecule has 3 N–H and O–H groups in total. The summed E-state index contributed by atoms with van der Waals surface area (Å²) in [6.07, 6.45) is -0.881. The Morgan fingerprint density at radius 1 is 1.27 bits per heavy atom. The summed E-state index contributed by atoms with van der Waals surface area (Å²) in [6.45, 7) is 1.27. The van der Waals surface area contributed by atoms with E-state index in [-0.39, 0.29) is 17.3 Å². The zero-order valence-electron chi connectivity index (χ0n) is 11.8. The third-order valence-corrected chi connectivity index (χ3v) is 5.24. The molecule has 1 atom stereocenters. The van der Waals surface area contributed by atoms with Crippen molar-refractivity contribution in [2.24, 2.45) is 0 Å². The molecule has 1 aromatic carbocycles. The Labute approximate surface area is 132 Å². The summed E-state index contributed by atoms with van der Waals surface area (Å²) in [7, 11) is -3.71. The van der Waals surface area contributed by atoms with Crippen molar-refractivity contribution in [1.82, 2.24) is 4.72 Å². The van der Waals surface area contributed by atoms with Crippen molar-refractivity contribution in [3.63, 3.8) is 0 Å². The summed E-state index contributed by atoms with van der Waals surface area (Å²) in [5, 5.41) is 14.3. The normalized spacial score (nSPS) is 12.8. The number of rotatable bonds is 6. The van der Waals surface area contributed by atoms with Crippen LogP contribution >= 0.6 is 11.3 Å². The van der Waals surface area contributed by atoms with Crippen LogP contribution in [0.25, 0.3) is 0 Å². The minimum absolute atomic E-state index is 0.0694. The number of aliphatic hydroxyl groups excluding tert-OH is 1. The molecule has 1 amide bonds. The average Bonchev–Trinajstić information content (AvgIpc) is 2.99. The number of hydrogen-bond donors (Lipinski definition) is 3. The van der Waals surface area contributed by atoms with E-state index in [0.717, 1.165) is 0 Å². The van der Waals surface area contributed by atoms with Crippen LogP contribution in [0.1, 0.15) is 17.9 Å². The van der Waals surface area contributed by atoms with Gasteiger partial charge in [-0.2, -0.15) is 0 Å². The van der Waals surface area contributed by atoms with Gasteiger partial charge in [0.2, 0.25) is 15.9 Å². The monoisotopic (exact) mass is 340 g/mol. The van der Waals surface area contributed by atoms with Crippen molar-refractivity contribution >= 4 is 33.0 Å². The van der Waals surface area contributed by atoms with E-state index in [1.807, 2.05) is 5.38 Å². The zero-order valence-corrected chi connectivity index (χ0v) is 13.4. The molecule has 0 radical (unpaired) electrons. The zero-order chi connectivity index (χ0) is 16.2. The van der Waals surface area contributed by atoms with Crippen LogP contribution in [0.2, 0.25) is 0 Å². The molecule has 6 nitrogen and oxygen atoms in total. The van der Waals surface area contributed by atoms with Crippen LogP contribution in [0.3, 0.4) is 0 Å². The fraction of sp³-hybridized carbons (Fsp3) is 0.214. The van der Waals surface area contributed by atoms with Crippen LogP contribution in [0.5, 0.6) is 0 Å². The first-order valence-corrected chi connectivity index (χ1v) is 8.83. The first-order valence-electron chi connectivity index (χ1n) is 6.47. The van der Waals surface area contributed by atoms with Crippen LogP contribution in [-0.2, 0) is 14.8 Å². The lowest BCUT2D eigenvalue weighted by Gasteiger charge is -2.11. The maximum atomic E-state index is 12.1. The number of aliphatic hydroxyl groups is 1. The number of amides is 1. The first-order chi connectivity index (χ1) is 10.4. The second-order valence-electron chi connectivity index (χ2n) is 4.59. The quantitative estimate of drug-likeness (QED) is 0.746. The molecule has 0 aliphatic rings. The summed E-state index contributed by atoms with van der Waals surface area (Å²) in [5.41, 5.74) is 0.519. The molecule has 0 saturated heterocycles. The highest BCUT2D eigenvalue weighted by molar-refractivity contribution is 7.89. The molecule has 0 bridgehead atoms. The second-order valence-corrected chi connectivity index (χ2v) is 7.33. The van der Waals surface area contributed by atoms with Gasteiger partial charge in [0.25, 0.3) is 0 Å². The SMILES string of the molecule is CC(=O)Nc1ccc(S(=O)(=O)NC[C@@H](O)c2cccs2)cc1. The van der Waals surface area contributed by atoms with Crippen molar-refractivity contribution in [3.05, 3.63) is 46.7 Å². The highest BCUT2D eigenvalue weighted by Crippen LogP contribution is 2.19. The second kappa shape index (κ2) is 7.01. The number of carbonyl (C=O) groups excluding carboxylic acids is 1. The predicted molar refractivity (Wildman–Crippen MR) is 85.2 cm³/mol. The van der Waals surface area contributed by atoms with E-state index in [0.29, 0.717) is 10.6 Å². The lowest BCUT2D eigenvalue weighted by molar-refractivity contribution is -0.114. The molecule has 1 heterocycles. The first kappa shape index (κ1) is 16.6. The van der Waals surface area contributed by atoms with Crippen molar-refractivity contribution < 1.29 is 18.3 Å². The molecule has 22 heavy (non-hydrogen) atoms. The molecule has 8 heteroatoms. The molecular formula is C14H16N2O4S2. The summed E-state index contributed by atoms with van der Waals surface area (Å²) in [4.78, 5) is 11.7. The van der Waals surface area contributed by atoms with E-state index in [1.165, 1.54) is 42.5 Å². The molecule has 1 aromatic heterocycles. The maximum Gasteiger partial charge on any atom is 0.240 e. The molecule has 0 aliphatic heterocycles. The molecule has 0 saturated carbocycles. The number of benzene rings is 1. The topological polar surface area (TPSA) is 95.5 Å². The summed E-state index contributed by atoms with van der Waals surface area (Å²) >= 11 is 1.36. The third-order valence-electron chi connectivity index (χ3n) is 2.82. The third kappa shape index (κ3) is 4.38. The van der Waals surface area contributed by atoms with Crippen LogP contribution in [0.4, 0.5) is 5.69 Å². The largest absolute Gasteiger partial charge is 0.386 e. The van der Waals surface area contributed by atoms with Gasteiger partial charge in [0.05, 0.1) is 4.90 Å². The molecule has 2 aromatic rings. The van der Waals surface area contributed by atoms with Crippen LogP contribution in [-0.4, -0.2) is 26.0 Å². The standard InChI is InChI=1S/C14H16N2O4S2/c1-10(17)16-11-4-6-12(7-5-11)22(19,20)15-9-13(18)14-3-2-8-21-14/h2-8,13,15,18H,9H2,1H3,(H,16,17)/t13-/m1/s1. The fourth-order valence-corrected chi connectivity index (χ4v) is 3.52. The lowest BCUT2D eigenvalue weighted by Crippen LogP contribution is -2.28. The van der Waals surface area contributed by atoms with Gasteiger partial charge in [0, 0.05) is 24.0 Å². The Balaban J connectivity index is 2.02. The van der Waals surface area contributed by atoms with Gasteiger partial charge in [-0.25, -0.2) is 13.1 Å². The van der Waals surface area contributed by atoms with E-state index in [4.69, 9.17) is 0 Å². The number of nitrogens with one attached hydrogen (secondary N) is 2. The summed E-state index contributed by atoms with van der Waals surface area (Å²) in [6, 6.07) is 9.33. The average molecular weight is 340 g/mol. The van der Waals surface area contributed by atoms with Crippen LogP contribution < -0.4 is 10.0 Å². The Bertz CT molecular complexity index is 725. The van der Waals surface area contributed by atoms with Crippen molar-refractivity contribution in [2.75, 3.05) is 11.9 Å². The molecule has 0 aliphatic carbocycles. The molecule has 0 fully saturated rings. The van der Waals surface area contributed by atoms with E-state index < -0.39 is 16.1 Å². The number of thiophene rings is 1. The van der Waals surface area contributed by atoms with Gasteiger partial charge >= 0.3 is 0 Å². The Hall–Kier alpha value is -1.74. The highest BCUT2D eigenvalue weighted by atomic mass is 32.2. The molecule has 2 rings (SSSR count). The Morgan fingerprint density at radius 3 is 2.50 bits per heavy atom. The summed E-state index contributed by atoms with van der Waals surface area (Å²) in [5.74, 6) is -0.229. The predicted octanol–water partition coefficient (Wildman–Crippen LogP) is 1.72. The van der Waals surface area contributed by atoms with Gasteiger partial charge in [-0.15, -0.1) is 11.3 Å². The van der Waals surface area contributed by atoms with E-state index in [2.05, 4.69) is 10.0 Å². The maximum absolute atomic E-state index is 12.1. The Kier molecular flexibility index (Phi) is 5.30. The molecule has 0 spiro atoms. The van der Waals surface area contributed by atoms with Gasteiger partial charge in [-0.05, 0) is 35.7 Å². The van der Waals surface area contributed by atoms with Crippen LogP contribution in [0.15, 0.2) is 46.7 Å². The van der Waals surface area contributed by atoms with Crippen molar-refractivity contribution in [3.8, 4) is 0 Å². The van der Waals surface area contributed by atoms with Gasteiger partial charge in [0.15, 0.2) is 0 Å². The highest BCUT2D eigenvalue weighted by Gasteiger charge is 2.17. The number of sulfonamides is 1. The number of carbonyl (C=O) groups is 1. The van der Waals surface area contributed by atoms with E-state index >= 15 is 0 Å². The number of anilines is 1. The smallest absolute Gasteiger partial charge is 0.240 e. The van der Waals surface area contributed by atoms with Gasteiger partial charge in [-0.1, -0.05) is 6.07 Å². The molecule has 0 unspecified atom stereocenters. The van der Waals surface area contributed by atoms with Gasteiger partial charge in [0.1, 0.15) is 6.10 Å². The Morgan fingerprint density at radius 2 is 1.95 bits per heavy atom. The van der Waals surface area contributed by atoms with E-state index in [9.17, 15) is 18.3 Å². The molecule has 118 valence electrons. The van der Waals surface area contributed by atoms with Gasteiger partial charge in [-0.3, -0.25) is 4.79 Å². The fourth-order valence-electron chi connectivity index (χ4n) is 1.77. The van der Waals surface area contributed by atoms with Crippen LogP contribution in [0, 0.1) is 0 Å². The molecular weight excluding hydrogens is 324 g/mol. The van der Waals surface area contributed by atoms with Gasteiger partial charge < -0.3 is 10.4 Å². The minimum Gasteiger partial charge on any atom is -0.386 e. The minimum atomic E-state index is -3.71. The van der Waals surface area contributed by atoms with Crippen molar-refractivity contribution in [1.29, 1.82) is 0 Å².